The number of hydrogen-bond acceptors (Lipinski definition) is 4. The molecule has 7 nitrogen and oxygen atoms in total. The molecule has 0 radical (unpaired) electrons. The number of carbonyl (C=O) groups is 1. The van der Waals surface area contributed by atoms with Gasteiger partial charge in [0.1, 0.15) is 11.5 Å². The number of carbonyl (C=O) groups excluding carboxylic acids is 1. The van der Waals surface area contributed by atoms with Crippen LogP contribution < -0.4 is 25.4 Å². The zero-order valence-electron chi connectivity index (χ0n) is 16.7. The first-order chi connectivity index (χ1) is 14.0. The number of hydrogen-bond donors (Lipinski definition) is 3. The average molecular weight is 534 g/mol. The third-order valence-corrected chi connectivity index (χ3v) is 3.89. The molecule has 2 aromatic rings. The lowest BCUT2D eigenvalue weighted by molar-refractivity contribution is -0.0505. The molecule has 0 fully saturated rings. The molecule has 0 unspecified atom stereocenters. The molecule has 2 aromatic carbocycles. The second kappa shape index (κ2) is 13.6. The van der Waals surface area contributed by atoms with Gasteiger partial charge in [-0.05, 0) is 30.3 Å². The lowest BCUT2D eigenvalue weighted by Gasteiger charge is -2.15. The van der Waals surface area contributed by atoms with Crippen molar-refractivity contribution in [2.75, 3.05) is 27.2 Å². The van der Waals surface area contributed by atoms with Gasteiger partial charge in [-0.3, -0.25) is 9.79 Å². The Morgan fingerprint density at radius 1 is 1.07 bits per heavy atom. The fourth-order valence-electron chi connectivity index (χ4n) is 2.48. The molecule has 0 saturated carbocycles. The SMILES string of the molecule is CN=C(NCCNC(=O)c1ccccc1)NCc1cc(OC)ccc1OC(F)F.I. The van der Waals surface area contributed by atoms with Gasteiger partial charge in [0.25, 0.3) is 5.91 Å². The maximum atomic E-state index is 12.6. The van der Waals surface area contributed by atoms with Crippen molar-refractivity contribution < 1.29 is 23.0 Å². The highest BCUT2D eigenvalue weighted by atomic mass is 127. The van der Waals surface area contributed by atoms with Crippen LogP contribution in [0.3, 0.4) is 0 Å². The smallest absolute Gasteiger partial charge is 0.387 e. The second-order valence-electron chi connectivity index (χ2n) is 5.83. The lowest BCUT2D eigenvalue weighted by Crippen LogP contribution is -2.41. The van der Waals surface area contributed by atoms with Crippen LogP contribution in [0.1, 0.15) is 15.9 Å². The van der Waals surface area contributed by atoms with E-state index in [9.17, 15) is 13.6 Å². The molecular weight excluding hydrogens is 509 g/mol. The molecule has 0 atom stereocenters. The summed E-state index contributed by atoms with van der Waals surface area (Å²) >= 11 is 0. The third-order valence-electron chi connectivity index (χ3n) is 3.89. The minimum absolute atomic E-state index is 0. The number of alkyl halides is 2. The summed E-state index contributed by atoms with van der Waals surface area (Å²) < 4.78 is 34.9. The van der Waals surface area contributed by atoms with Crippen molar-refractivity contribution in [1.82, 2.24) is 16.0 Å². The van der Waals surface area contributed by atoms with E-state index in [1.165, 1.54) is 13.2 Å². The van der Waals surface area contributed by atoms with E-state index in [0.717, 1.165) is 0 Å². The number of aliphatic imine (C=N–C) groups is 1. The van der Waals surface area contributed by atoms with Crippen molar-refractivity contribution in [3.8, 4) is 11.5 Å². The molecule has 0 aromatic heterocycles. The van der Waals surface area contributed by atoms with Crippen molar-refractivity contribution in [2.24, 2.45) is 4.99 Å². The summed E-state index contributed by atoms with van der Waals surface area (Å²) in [6.07, 6.45) is 0. The molecule has 2 rings (SSSR count). The van der Waals surface area contributed by atoms with Gasteiger partial charge in [0.05, 0.1) is 7.11 Å². The Hall–Kier alpha value is -2.63. The van der Waals surface area contributed by atoms with Crippen molar-refractivity contribution in [1.29, 1.82) is 0 Å². The fraction of sp³-hybridized carbons (Fsp3) is 0.300. The maximum absolute atomic E-state index is 12.6. The van der Waals surface area contributed by atoms with Crippen molar-refractivity contribution in [3.05, 3.63) is 59.7 Å². The molecular formula is C20H25F2IN4O3. The summed E-state index contributed by atoms with van der Waals surface area (Å²) in [5.41, 5.74) is 1.07. The molecule has 1 amide bonds. The van der Waals surface area contributed by atoms with Gasteiger partial charge >= 0.3 is 6.61 Å². The lowest BCUT2D eigenvalue weighted by atomic mass is 10.2. The highest BCUT2D eigenvalue weighted by Crippen LogP contribution is 2.25. The van der Waals surface area contributed by atoms with Gasteiger partial charge in [0, 0.05) is 37.8 Å². The van der Waals surface area contributed by atoms with Gasteiger partial charge in [-0.1, -0.05) is 18.2 Å². The van der Waals surface area contributed by atoms with Crippen LogP contribution in [0, 0.1) is 0 Å². The van der Waals surface area contributed by atoms with Crippen LogP contribution in [0.5, 0.6) is 11.5 Å². The number of benzene rings is 2. The molecule has 0 spiro atoms. The molecule has 10 heteroatoms. The van der Waals surface area contributed by atoms with Crippen LogP contribution in [-0.2, 0) is 6.54 Å². The van der Waals surface area contributed by atoms with Gasteiger partial charge in [-0.25, -0.2) is 0 Å². The van der Waals surface area contributed by atoms with Crippen LogP contribution in [0.25, 0.3) is 0 Å². The second-order valence-corrected chi connectivity index (χ2v) is 5.83. The Kier molecular flexibility index (Phi) is 11.5. The predicted octanol–water partition coefficient (Wildman–Crippen LogP) is 3.01. The minimum Gasteiger partial charge on any atom is -0.497 e. The van der Waals surface area contributed by atoms with E-state index >= 15 is 0 Å². The fourth-order valence-corrected chi connectivity index (χ4v) is 2.48. The van der Waals surface area contributed by atoms with E-state index in [0.29, 0.717) is 35.9 Å². The summed E-state index contributed by atoms with van der Waals surface area (Å²) in [6, 6.07) is 13.5. The number of guanidine groups is 1. The Morgan fingerprint density at radius 2 is 1.77 bits per heavy atom. The van der Waals surface area contributed by atoms with Crippen LogP contribution in [0.4, 0.5) is 8.78 Å². The number of nitrogens with one attached hydrogen (secondary N) is 3. The molecule has 0 bridgehead atoms. The predicted molar refractivity (Wildman–Crippen MR) is 122 cm³/mol. The average Bonchev–Trinajstić information content (AvgIpc) is 2.74. The van der Waals surface area contributed by atoms with E-state index in [-0.39, 0.29) is 42.2 Å². The number of halogens is 3. The van der Waals surface area contributed by atoms with Crippen molar-refractivity contribution in [2.45, 2.75) is 13.2 Å². The summed E-state index contributed by atoms with van der Waals surface area (Å²) in [6.45, 7) is -1.92. The van der Waals surface area contributed by atoms with Crippen LogP contribution in [-0.4, -0.2) is 45.7 Å². The van der Waals surface area contributed by atoms with Crippen LogP contribution in [0.2, 0.25) is 0 Å². The number of amides is 1. The van der Waals surface area contributed by atoms with Gasteiger partial charge in [0.2, 0.25) is 0 Å². The summed E-state index contributed by atoms with van der Waals surface area (Å²) in [5.74, 6) is 0.860. The molecule has 0 aliphatic carbocycles. The highest BCUT2D eigenvalue weighted by molar-refractivity contribution is 14.0. The number of ether oxygens (including phenoxy) is 2. The van der Waals surface area contributed by atoms with Crippen molar-refractivity contribution in [3.63, 3.8) is 0 Å². The zero-order valence-corrected chi connectivity index (χ0v) is 19.0. The van der Waals surface area contributed by atoms with E-state index < -0.39 is 6.61 Å². The topological polar surface area (TPSA) is 84.0 Å². The number of rotatable bonds is 9. The molecule has 0 heterocycles. The quantitative estimate of drug-likeness (QED) is 0.200. The van der Waals surface area contributed by atoms with Crippen molar-refractivity contribution >= 4 is 35.8 Å². The van der Waals surface area contributed by atoms with Gasteiger partial charge < -0.3 is 25.4 Å². The Balaban J connectivity index is 0.00000450. The standard InChI is InChI=1S/C20H24F2N4O3.HI/c1-23-20(25-11-10-24-18(27)14-6-4-3-5-7-14)26-13-15-12-16(28-2)8-9-17(15)29-19(21)22;/h3-9,12,19H,10-11,13H2,1-2H3,(H,24,27)(H2,23,25,26);1H. The molecule has 0 aliphatic rings. The molecule has 0 aliphatic heterocycles. The van der Waals surface area contributed by atoms with Gasteiger partial charge in [-0.2, -0.15) is 8.78 Å². The normalized spacial score (nSPS) is 10.8. The molecule has 164 valence electrons. The zero-order chi connectivity index (χ0) is 21.1. The van der Waals surface area contributed by atoms with E-state index in [1.54, 1.807) is 43.4 Å². The van der Waals surface area contributed by atoms with E-state index in [4.69, 9.17) is 4.74 Å². The Morgan fingerprint density at radius 3 is 2.40 bits per heavy atom. The highest BCUT2D eigenvalue weighted by Gasteiger charge is 2.11. The van der Waals surface area contributed by atoms with Crippen LogP contribution in [0.15, 0.2) is 53.5 Å². The Bertz CT molecular complexity index is 823. The Labute approximate surface area is 191 Å². The number of nitrogens with zero attached hydrogens (tertiary/aromatic N) is 1. The van der Waals surface area contributed by atoms with Crippen LogP contribution >= 0.6 is 24.0 Å². The largest absolute Gasteiger partial charge is 0.497 e. The third kappa shape index (κ3) is 8.39. The van der Waals surface area contributed by atoms with E-state index in [2.05, 4.69) is 25.7 Å². The minimum atomic E-state index is -2.92. The summed E-state index contributed by atoms with van der Waals surface area (Å²) in [4.78, 5) is 16.1. The summed E-state index contributed by atoms with van der Waals surface area (Å²) in [5, 5.41) is 8.85. The van der Waals surface area contributed by atoms with E-state index in [1.807, 2.05) is 6.07 Å². The van der Waals surface area contributed by atoms with Gasteiger partial charge in [-0.15, -0.1) is 24.0 Å². The first-order valence-electron chi connectivity index (χ1n) is 8.93. The number of methoxy groups -OCH3 is 1. The molecule has 30 heavy (non-hydrogen) atoms. The first-order valence-corrected chi connectivity index (χ1v) is 8.93. The van der Waals surface area contributed by atoms with Gasteiger partial charge in [0.15, 0.2) is 5.96 Å². The molecule has 3 N–H and O–H groups in total. The monoisotopic (exact) mass is 534 g/mol. The maximum Gasteiger partial charge on any atom is 0.387 e. The summed E-state index contributed by atoms with van der Waals surface area (Å²) in [7, 11) is 3.07. The molecule has 0 saturated heterocycles. The first kappa shape index (κ1) is 25.4.